The van der Waals surface area contributed by atoms with Crippen molar-refractivity contribution in [3.63, 3.8) is 0 Å². The van der Waals surface area contributed by atoms with Gasteiger partial charge in [0.1, 0.15) is 0 Å². The van der Waals surface area contributed by atoms with Crippen molar-refractivity contribution in [3.05, 3.63) is 63.6 Å². The number of rotatable bonds is 5. The second-order valence-corrected chi connectivity index (χ2v) is 8.77. The summed E-state index contributed by atoms with van der Waals surface area (Å²) in [7, 11) is 0. The Morgan fingerprint density at radius 2 is 1.69 bits per heavy atom. The number of piperazine rings is 1. The molecule has 1 aliphatic heterocycles. The third-order valence-corrected chi connectivity index (χ3v) is 5.81. The normalized spacial score (nSPS) is 14.9. The summed E-state index contributed by atoms with van der Waals surface area (Å²) in [4.78, 5) is 29.1. The molecule has 0 spiro atoms. The molecule has 29 heavy (non-hydrogen) atoms. The van der Waals surface area contributed by atoms with Crippen LogP contribution in [0.2, 0.25) is 0 Å². The molecule has 0 atom stereocenters. The van der Waals surface area contributed by atoms with E-state index < -0.39 is 0 Å². The minimum atomic E-state index is -0.0283. The first kappa shape index (κ1) is 21.5. The predicted octanol–water partition coefficient (Wildman–Crippen LogP) is 4.28. The van der Waals surface area contributed by atoms with E-state index >= 15 is 0 Å². The fraction of sp³-hybridized carbons (Fsp3) is 0.391. The molecule has 1 fully saturated rings. The number of nitrogens with one attached hydrogen (secondary N) is 1. The Kier molecular flexibility index (Phi) is 7.09. The van der Waals surface area contributed by atoms with Gasteiger partial charge >= 0.3 is 0 Å². The zero-order chi connectivity index (χ0) is 21.0. The van der Waals surface area contributed by atoms with Gasteiger partial charge < -0.3 is 10.2 Å². The van der Waals surface area contributed by atoms with E-state index in [2.05, 4.69) is 40.0 Å². The van der Waals surface area contributed by atoms with Crippen molar-refractivity contribution in [2.75, 3.05) is 38.0 Å². The van der Waals surface area contributed by atoms with Gasteiger partial charge in [-0.1, -0.05) is 41.9 Å². The topological polar surface area (TPSA) is 52.7 Å². The van der Waals surface area contributed by atoms with Crippen LogP contribution in [0.1, 0.15) is 41.3 Å². The lowest BCUT2D eigenvalue weighted by atomic mass is 10.0. The largest absolute Gasteiger partial charge is 0.336 e. The van der Waals surface area contributed by atoms with E-state index in [-0.39, 0.29) is 11.8 Å². The van der Waals surface area contributed by atoms with Crippen LogP contribution in [0.4, 0.5) is 5.69 Å². The SMILES string of the molecule is Cc1cc(Br)ccc1NC(=O)CN1CCN(C(=O)c2ccc(C(C)C)cc2)CC1. The number of amides is 2. The standard InChI is InChI=1S/C23H28BrN3O2/c1-16(2)18-4-6-19(7-5-18)23(29)27-12-10-26(11-13-27)15-22(28)25-21-9-8-20(24)14-17(21)3/h4-9,14,16H,10-13,15H2,1-3H3,(H,25,28). The maximum atomic E-state index is 12.7. The lowest BCUT2D eigenvalue weighted by Gasteiger charge is -2.34. The third-order valence-electron chi connectivity index (χ3n) is 5.31. The summed E-state index contributed by atoms with van der Waals surface area (Å²) in [6.07, 6.45) is 0. The maximum Gasteiger partial charge on any atom is 0.253 e. The van der Waals surface area contributed by atoms with Gasteiger partial charge in [0, 0.05) is 41.9 Å². The molecule has 1 heterocycles. The van der Waals surface area contributed by atoms with Crippen molar-refractivity contribution in [3.8, 4) is 0 Å². The lowest BCUT2D eigenvalue weighted by molar-refractivity contribution is -0.117. The minimum absolute atomic E-state index is 0.0283. The molecule has 0 saturated carbocycles. The zero-order valence-corrected chi connectivity index (χ0v) is 18.8. The van der Waals surface area contributed by atoms with Gasteiger partial charge in [0.2, 0.25) is 5.91 Å². The van der Waals surface area contributed by atoms with Crippen molar-refractivity contribution in [2.24, 2.45) is 0 Å². The lowest BCUT2D eigenvalue weighted by Crippen LogP contribution is -2.50. The monoisotopic (exact) mass is 457 g/mol. The van der Waals surface area contributed by atoms with E-state index in [4.69, 9.17) is 0 Å². The number of aryl methyl sites for hydroxylation is 1. The summed E-state index contributed by atoms with van der Waals surface area (Å²) in [5, 5.41) is 2.98. The average molecular weight is 458 g/mol. The summed E-state index contributed by atoms with van der Waals surface area (Å²) in [6, 6.07) is 13.7. The second-order valence-electron chi connectivity index (χ2n) is 7.85. The number of hydrogen-bond acceptors (Lipinski definition) is 3. The third kappa shape index (κ3) is 5.67. The van der Waals surface area contributed by atoms with Crippen LogP contribution in [0.15, 0.2) is 46.9 Å². The van der Waals surface area contributed by atoms with Gasteiger partial charge in [0.05, 0.1) is 6.54 Å². The molecule has 0 radical (unpaired) electrons. The molecule has 0 aliphatic carbocycles. The van der Waals surface area contributed by atoms with Gasteiger partial charge in [-0.3, -0.25) is 14.5 Å². The van der Waals surface area contributed by atoms with Crippen LogP contribution in [0.5, 0.6) is 0 Å². The molecule has 1 aliphatic rings. The number of halogens is 1. The van der Waals surface area contributed by atoms with Crippen molar-refractivity contribution >= 4 is 33.4 Å². The number of benzene rings is 2. The first-order chi connectivity index (χ1) is 13.8. The highest BCUT2D eigenvalue weighted by atomic mass is 79.9. The van der Waals surface area contributed by atoms with Crippen molar-refractivity contribution in [2.45, 2.75) is 26.7 Å². The van der Waals surface area contributed by atoms with Crippen molar-refractivity contribution in [1.29, 1.82) is 0 Å². The highest BCUT2D eigenvalue weighted by Gasteiger charge is 2.23. The molecule has 6 heteroatoms. The molecule has 5 nitrogen and oxygen atoms in total. The molecule has 2 aromatic rings. The number of carbonyl (C=O) groups excluding carboxylic acids is 2. The maximum absolute atomic E-state index is 12.7. The molecule has 2 amide bonds. The molecule has 2 aromatic carbocycles. The molecule has 0 aromatic heterocycles. The van der Waals surface area contributed by atoms with E-state index in [1.807, 2.05) is 54.3 Å². The molecular weight excluding hydrogens is 430 g/mol. The van der Waals surface area contributed by atoms with E-state index in [1.165, 1.54) is 5.56 Å². The fourth-order valence-corrected chi connectivity index (χ4v) is 3.94. The zero-order valence-electron chi connectivity index (χ0n) is 17.2. The van der Waals surface area contributed by atoms with Gasteiger partial charge in [-0.25, -0.2) is 0 Å². The van der Waals surface area contributed by atoms with E-state index in [9.17, 15) is 9.59 Å². The highest BCUT2D eigenvalue weighted by Crippen LogP contribution is 2.20. The van der Waals surface area contributed by atoms with Gasteiger partial charge in [-0.15, -0.1) is 0 Å². The second kappa shape index (κ2) is 9.55. The van der Waals surface area contributed by atoms with Crippen LogP contribution in [0.3, 0.4) is 0 Å². The fourth-order valence-electron chi connectivity index (χ4n) is 3.46. The van der Waals surface area contributed by atoms with Crippen LogP contribution < -0.4 is 5.32 Å². The highest BCUT2D eigenvalue weighted by molar-refractivity contribution is 9.10. The minimum Gasteiger partial charge on any atom is -0.336 e. The molecule has 0 unspecified atom stereocenters. The summed E-state index contributed by atoms with van der Waals surface area (Å²) >= 11 is 3.43. The van der Waals surface area contributed by atoms with Gasteiger partial charge in [-0.05, 0) is 54.3 Å². The Morgan fingerprint density at radius 1 is 1.03 bits per heavy atom. The average Bonchev–Trinajstić information content (AvgIpc) is 2.70. The summed E-state index contributed by atoms with van der Waals surface area (Å²) in [5.74, 6) is 0.490. The van der Waals surface area contributed by atoms with E-state index in [0.29, 0.717) is 38.6 Å². The molecule has 1 N–H and O–H groups in total. The van der Waals surface area contributed by atoms with Crippen LogP contribution >= 0.6 is 15.9 Å². The quantitative estimate of drug-likeness (QED) is 0.728. The Balaban J connectivity index is 1.49. The Labute approximate surface area is 181 Å². The molecule has 1 saturated heterocycles. The summed E-state index contributed by atoms with van der Waals surface area (Å²) in [6.45, 7) is 9.25. The van der Waals surface area contributed by atoms with Crippen LogP contribution in [0.25, 0.3) is 0 Å². The molecule has 0 bridgehead atoms. The van der Waals surface area contributed by atoms with Gasteiger partial charge in [0.25, 0.3) is 5.91 Å². The Morgan fingerprint density at radius 3 is 2.28 bits per heavy atom. The molecule has 154 valence electrons. The van der Waals surface area contributed by atoms with Crippen LogP contribution in [-0.4, -0.2) is 54.3 Å². The predicted molar refractivity (Wildman–Crippen MR) is 120 cm³/mol. The molecule has 3 rings (SSSR count). The van der Waals surface area contributed by atoms with Crippen LogP contribution in [0, 0.1) is 6.92 Å². The molecular formula is C23H28BrN3O2. The first-order valence-corrected chi connectivity index (χ1v) is 10.8. The Hall–Kier alpha value is -2.18. The van der Waals surface area contributed by atoms with Gasteiger partial charge in [-0.2, -0.15) is 0 Å². The van der Waals surface area contributed by atoms with Crippen molar-refractivity contribution in [1.82, 2.24) is 9.80 Å². The number of carbonyl (C=O) groups is 2. The summed E-state index contributed by atoms with van der Waals surface area (Å²) < 4.78 is 0.993. The number of anilines is 1. The van der Waals surface area contributed by atoms with Crippen LogP contribution in [-0.2, 0) is 4.79 Å². The first-order valence-electron chi connectivity index (χ1n) is 10.0. The number of nitrogens with zero attached hydrogens (tertiary/aromatic N) is 2. The smallest absolute Gasteiger partial charge is 0.253 e. The van der Waals surface area contributed by atoms with E-state index in [0.717, 1.165) is 21.3 Å². The Bertz CT molecular complexity index is 872. The van der Waals surface area contributed by atoms with Gasteiger partial charge in [0.15, 0.2) is 0 Å². The summed E-state index contributed by atoms with van der Waals surface area (Å²) in [5.41, 5.74) is 3.81. The number of hydrogen-bond donors (Lipinski definition) is 1. The van der Waals surface area contributed by atoms with E-state index in [1.54, 1.807) is 0 Å². The van der Waals surface area contributed by atoms with Crippen molar-refractivity contribution < 1.29 is 9.59 Å².